The summed E-state index contributed by atoms with van der Waals surface area (Å²) < 4.78 is 5.30. The number of rotatable bonds is 3. The molecule has 76 valence electrons. The molecule has 4 nitrogen and oxygen atoms in total. The van der Waals surface area contributed by atoms with Crippen molar-refractivity contribution in [3.05, 3.63) is 0 Å². The number of nitrogens with one attached hydrogen (secondary N) is 1. The lowest BCUT2D eigenvalue weighted by molar-refractivity contribution is -0.139. The van der Waals surface area contributed by atoms with Gasteiger partial charge in [0, 0.05) is 11.5 Å². The summed E-state index contributed by atoms with van der Waals surface area (Å²) in [6.07, 6.45) is 0. The summed E-state index contributed by atoms with van der Waals surface area (Å²) in [5.74, 6) is -0.817. The lowest BCUT2D eigenvalue weighted by Crippen LogP contribution is -2.48. The monoisotopic (exact) mass is 187 g/mol. The standard InChI is InChI=1S/C9H17NO3/c1-6(8(11)12)10-7-4-13-5-9(7,2)3/h6-7,10H,4-5H2,1-3H3,(H,11,12)/t6-,7?/m1/s1. The number of aliphatic carboxylic acids is 1. The number of hydrogen-bond donors (Lipinski definition) is 2. The van der Waals surface area contributed by atoms with Crippen LogP contribution in [0.1, 0.15) is 20.8 Å². The topological polar surface area (TPSA) is 58.6 Å². The molecule has 1 aliphatic heterocycles. The Morgan fingerprint density at radius 3 is 2.69 bits per heavy atom. The molecule has 1 heterocycles. The molecular weight excluding hydrogens is 170 g/mol. The van der Waals surface area contributed by atoms with Gasteiger partial charge in [-0.25, -0.2) is 0 Å². The van der Waals surface area contributed by atoms with Crippen LogP contribution < -0.4 is 5.32 Å². The lowest BCUT2D eigenvalue weighted by Gasteiger charge is -2.27. The first-order valence-electron chi connectivity index (χ1n) is 4.50. The third-order valence-corrected chi connectivity index (χ3v) is 2.52. The van der Waals surface area contributed by atoms with Gasteiger partial charge < -0.3 is 9.84 Å². The second-order valence-electron chi connectivity index (χ2n) is 4.28. The highest BCUT2D eigenvalue weighted by Crippen LogP contribution is 2.27. The first-order chi connectivity index (χ1) is 5.93. The van der Waals surface area contributed by atoms with Gasteiger partial charge in [-0.15, -0.1) is 0 Å². The smallest absolute Gasteiger partial charge is 0.320 e. The summed E-state index contributed by atoms with van der Waals surface area (Å²) in [5.41, 5.74) is 0.0315. The Morgan fingerprint density at radius 2 is 2.31 bits per heavy atom. The van der Waals surface area contributed by atoms with Gasteiger partial charge >= 0.3 is 5.97 Å². The predicted octanol–water partition coefficient (Wildman–Crippen LogP) is 0.474. The minimum Gasteiger partial charge on any atom is -0.480 e. The molecule has 0 aromatic heterocycles. The van der Waals surface area contributed by atoms with Crippen LogP contribution in [0, 0.1) is 5.41 Å². The van der Waals surface area contributed by atoms with Gasteiger partial charge in [-0.05, 0) is 6.92 Å². The molecule has 0 radical (unpaired) electrons. The summed E-state index contributed by atoms with van der Waals surface area (Å²) in [6.45, 7) is 7.09. The highest BCUT2D eigenvalue weighted by molar-refractivity contribution is 5.72. The van der Waals surface area contributed by atoms with Gasteiger partial charge in [0.05, 0.1) is 13.2 Å². The number of carbonyl (C=O) groups is 1. The maximum Gasteiger partial charge on any atom is 0.320 e. The van der Waals surface area contributed by atoms with Gasteiger partial charge in [0.2, 0.25) is 0 Å². The Morgan fingerprint density at radius 1 is 1.69 bits per heavy atom. The second kappa shape index (κ2) is 3.64. The van der Waals surface area contributed by atoms with Crippen LogP contribution in [0.4, 0.5) is 0 Å². The molecule has 1 saturated heterocycles. The van der Waals surface area contributed by atoms with Crippen molar-refractivity contribution < 1.29 is 14.6 Å². The van der Waals surface area contributed by atoms with Crippen LogP contribution in [-0.2, 0) is 9.53 Å². The van der Waals surface area contributed by atoms with E-state index in [1.54, 1.807) is 6.92 Å². The molecule has 0 aromatic carbocycles. The fourth-order valence-electron chi connectivity index (χ4n) is 1.41. The Bertz CT molecular complexity index is 203. The summed E-state index contributed by atoms with van der Waals surface area (Å²) in [4.78, 5) is 10.6. The van der Waals surface area contributed by atoms with Crippen molar-refractivity contribution in [2.75, 3.05) is 13.2 Å². The molecule has 4 heteroatoms. The SMILES string of the molecule is C[C@@H](NC1COCC1(C)C)C(=O)O. The van der Waals surface area contributed by atoms with Gasteiger partial charge in [0.1, 0.15) is 6.04 Å². The maximum atomic E-state index is 10.6. The summed E-state index contributed by atoms with van der Waals surface area (Å²) >= 11 is 0. The van der Waals surface area contributed by atoms with Crippen LogP contribution in [0.25, 0.3) is 0 Å². The van der Waals surface area contributed by atoms with E-state index < -0.39 is 12.0 Å². The molecule has 13 heavy (non-hydrogen) atoms. The van der Waals surface area contributed by atoms with Crippen LogP contribution in [0.15, 0.2) is 0 Å². The quantitative estimate of drug-likeness (QED) is 0.674. The van der Waals surface area contributed by atoms with E-state index in [-0.39, 0.29) is 11.5 Å². The number of ether oxygens (including phenoxy) is 1. The lowest BCUT2D eigenvalue weighted by atomic mass is 9.87. The predicted molar refractivity (Wildman–Crippen MR) is 48.6 cm³/mol. The average Bonchev–Trinajstić information content (AvgIpc) is 2.30. The molecule has 0 saturated carbocycles. The number of carboxylic acid groups (broad SMARTS) is 1. The average molecular weight is 187 g/mol. The van der Waals surface area contributed by atoms with Gasteiger partial charge in [0.25, 0.3) is 0 Å². The first kappa shape index (κ1) is 10.5. The van der Waals surface area contributed by atoms with E-state index in [1.807, 2.05) is 0 Å². The third-order valence-electron chi connectivity index (χ3n) is 2.52. The number of carboxylic acids is 1. The molecular formula is C9H17NO3. The summed E-state index contributed by atoms with van der Waals surface area (Å²) in [5, 5.41) is 11.8. The largest absolute Gasteiger partial charge is 0.480 e. The van der Waals surface area contributed by atoms with Crippen molar-refractivity contribution in [3.8, 4) is 0 Å². The third kappa shape index (κ3) is 2.42. The minimum atomic E-state index is -0.817. The van der Waals surface area contributed by atoms with Crippen LogP contribution >= 0.6 is 0 Å². The Hall–Kier alpha value is -0.610. The summed E-state index contributed by atoms with van der Waals surface area (Å²) in [7, 11) is 0. The van der Waals surface area contributed by atoms with E-state index in [1.165, 1.54) is 0 Å². The summed E-state index contributed by atoms with van der Waals surface area (Å²) in [6, 6.07) is -0.371. The zero-order valence-corrected chi connectivity index (χ0v) is 8.33. The van der Waals surface area contributed by atoms with E-state index in [9.17, 15) is 4.79 Å². The number of hydrogen-bond acceptors (Lipinski definition) is 3. The van der Waals surface area contributed by atoms with Crippen LogP contribution in [0.5, 0.6) is 0 Å². The van der Waals surface area contributed by atoms with Gasteiger partial charge in [0.15, 0.2) is 0 Å². The molecule has 1 aliphatic rings. The first-order valence-corrected chi connectivity index (χ1v) is 4.50. The van der Waals surface area contributed by atoms with E-state index >= 15 is 0 Å². The van der Waals surface area contributed by atoms with E-state index in [4.69, 9.17) is 9.84 Å². The van der Waals surface area contributed by atoms with Crippen molar-refractivity contribution in [2.24, 2.45) is 5.41 Å². The molecule has 1 rings (SSSR count). The highest BCUT2D eigenvalue weighted by atomic mass is 16.5. The highest BCUT2D eigenvalue weighted by Gasteiger charge is 2.36. The fraction of sp³-hybridized carbons (Fsp3) is 0.889. The van der Waals surface area contributed by atoms with Crippen molar-refractivity contribution in [2.45, 2.75) is 32.9 Å². The minimum absolute atomic E-state index is 0.0315. The maximum absolute atomic E-state index is 10.6. The van der Waals surface area contributed by atoms with Crippen LogP contribution in [0.3, 0.4) is 0 Å². The molecule has 0 spiro atoms. The normalized spacial score (nSPS) is 28.7. The van der Waals surface area contributed by atoms with Crippen molar-refractivity contribution in [3.63, 3.8) is 0 Å². The molecule has 1 fully saturated rings. The molecule has 2 N–H and O–H groups in total. The molecule has 0 aliphatic carbocycles. The van der Waals surface area contributed by atoms with Crippen molar-refractivity contribution >= 4 is 5.97 Å². The Balaban J connectivity index is 2.49. The van der Waals surface area contributed by atoms with Crippen molar-refractivity contribution in [1.82, 2.24) is 5.32 Å². The van der Waals surface area contributed by atoms with E-state index in [0.717, 1.165) is 0 Å². The zero-order chi connectivity index (χ0) is 10.1. The van der Waals surface area contributed by atoms with Crippen LogP contribution in [-0.4, -0.2) is 36.4 Å². The molecule has 0 amide bonds. The van der Waals surface area contributed by atoms with Gasteiger partial charge in [-0.3, -0.25) is 10.1 Å². The Labute approximate surface area is 78.3 Å². The van der Waals surface area contributed by atoms with Gasteiger partial charge in [-0.1, -0.05) is 13.8 Å². The molecule has 0 aromatic rings. The van der Waals surface area contributed by atoms with Crippen molar-refractivity contribution in [1.29, 1.82) is 0 Å². The zero-order valence-electron chi connectivity index (χ0n) is 8.33. The van der Waals surface area contributed by atoms with Gasteiger partial charge in [-0.2, -0.15) is 0 Å². The molecule has 1 unspecified atom stereocenters. The van der Waals surface area contributed by atoms with E-state index in [2.05, 4.69) is 19.2 Å². The fourth-order valence-corrected chi connectivity index (χ4v) is 1.41. The second-order valence-corrected chi connectivity index (χ2v) is 4.28. The van der Waals surface area contributed by atoms with E-state index in [0.29, 0.717) is 13.2 Å². The van der Waals surface area contributed by atoms with Crippen LogP contribution in [0.2, 0.25) is 0 Å². The molecule has 0 bridgehead atoms. The Kier molecular flexibility index (Phi) is 2.93. The molecule has 2 atom stereocenters.